The van der Waals surface area contributed by atoms with Gasteiger partial charge in [-0.2, -0.15) is 0 Å². The summed E-state index contributed by atoms with van der Waals surface area (Å²) in [6.45, 7) is 2.88. The second kappa shape index (κ2) is 21.6. The van der Waals surface area contributed by atoms with Crippen LogP contribution in [0.25, 0.3) is 0 Å². The van der Waals surface area contributed by atoms with Crippen LogP contribution < -0.4 is 11.1 Å². The Hall–Kier alpha value is -1.10. The molecule has 1 amide bonds. The first-order valence-electron chi connectivity index (χ1n) is 12.3. The fourth-order valence-corrected chi connectivity index (χ4v) is 3.59. The van der Waals surface area contributed by atoms with Gasteiger partial charge in [0.15, 0.2) is 0 Å². The molecule has 29 heavy (non-hydrogen) atoms. The number of carbonyl (C=O) groups excluding carboxylic acids is 1. The van der Waals surface area contributed by atoms with Gasteiger partial charge in [0.2, 0.25) is 5.91 Å². The van der Waals surface area contributed by atoms with Gasteiger partial charge in [0.05, 0.1) is 0 Å². The summed E-state index contributed by atoms with van der Waals surface area (Å²) in [6.07, 6.45) is 22.5. The van der Waals surface area contributed by atoms with Crippen LogP contribution in [-0.4, -0.2) is 29.6 Å². The average Bonchev–Trinajstić information content (AvgIpc) is 2.70. The summed E-state index contributed by atoms with van der Waals surface area (Å²) in [6, 6.07) is -0.786. The number of carboxylic acid groups (broad SMARTS) is 1. The molecule has 0 aromatic rings. The van der Waals surface area contributed by atoms with Gasteiger partial charge in [0.1, 0.15) is 6.04 Å². The lowest BCUT2D eigenvalue weighted by atomic mass is 10.0. The number of amides is 1. The zero-order valence-corrected chi connectivity index (χ0v) is 19.1. The van der Waals surface area contributed by atoms with Crippen molar-refractivity contribution in [3.63, 3.8) is 0 Å². The Bertz CT molecular complexity index is 388. The SMILES string of the molecule is CCCCCCCCCCCCCCCCCC(=O)NCCCC[C@H](N)C(=O)O. The largest absolute Gasteiger partial charge is 0.480 e. The molecule has 0 rings (SSSR count). The maximum absolute atomic E-state index is 11.8. The second-order valence-corrected chi connectivity index (χ2v) is 8.49. The minimum atomic E-state index is -0.956. The van der Waals surface area contributed by atoms with Crippen LogP contribution in [-0.2, 0) is 9.59 Å². The Balaban J connectivity index is 3.20. The molecule has 0 aliphatic rings. The molecule has 0 aromatic heterocycles. The van der Waals surface area contributed by atoms with Crippen molar-refractivity contribution in [1.29, 1.82) is 0 Å². The molecule has 5 heteroatoms. The third kappa shape index (κ3) is 21.4. The molecule has 172 valence electrons. The van der Waals surface area contributed by atoms with E-state index in [1.807, 2.05) is 0 Å². The van der Waals surface area contributed by atoms with Crippen LogP contribution in [0.4, 0.5) is 0 Å². The molecule has 0 aliphatic carbocycles. The second-order valence-electron chi connectivity index (χ2n) is 8.49. The molecule has 5 nitrogen and oxygen atoms in total. The van der Waals surface area contributed by atoms with Crippen molar-refractivity contribution in [3.05, 3.63) is 0 Å². The molecule has 0 spiro atoms. The van der Waals surface area contributed by atoms with Crippen molar-refractivity contribution in [2.45, 2.75) is 135 Å². The molecule has 1 atom stereocenters. The molecular formula is C24H48N2O3. The average molecular weight is 413 g/mol. The van der Waals surface area contributed by atoms with Crippen LogP contribution in [0.5, 0.6) is 0 Å². The summed E-state index contributed by atoms with van der Waals surface area (Å²) in [5, 5.41) is 11.6. The van der Waals surface area contributed by atoms with Crippen LogP contribution in [0.1, 0.15) is 129 Å². The molecular weight excluding hydrogens is 364 g/mol. The molecule has 0 aliphatic heterocycles. The molecule has 0 aromatic carbocycles. The maximum atomic E-state index is 11.8. The van der Waals surface area contributed by atoms with Gasteiger partial charge >= 0.3 is 5.97 Å². The van der Waals surface area contributed by atoms with E-state index in [4.69, 9.17) is 10.8 Å². The molecule has 0 heterocycles. The fourth-order valence-electron chi connectivity index (χ4n) is 3.59. The van der Waals surface area contributed by atoms with E-state index in [0.29, 0.717) is 19.4 Å². The first-order valence-corrected chi connectivity index (χ1v) is 12.3. The van der Waals surface area contributed by atoms with E-state index in [9.17, 15) is 9.59 Å². The number of carbonyl (C=O) groups is 2. The lowest BCUT2D eigenvalue weighted by Gasteiger charge is -2.07. The summed E-state index contributed by atoms with van der Waals surface area (Å²) in [4.78, 5) is 22.3. The third-order valence-electron chi connectivity index (χ3n) is 5.59. The number of unbranched alkanes of at least 4 members (excludes halogenated alkanes) is 15. The molecule has 0 bridgehead atoms. The van der Waals surface area contributed by atoms with E-state index in [-0.39, 0.29) is 5.91 Å². The topological polar surface area (TPSA) is 92.4 Å². The Morgan fingerprint density at radius 3 is 1.62 bits per heavy atom. The van der Waals surface area contributed by atoms with E-state index in [1.165, 1.54) is 83.5 Å². The Labute approximate surface area is 179 Å². The Morgan fingerprint density at radius 1 is 0.724 bits per heavy atom. The molecule has 0 fully saturated rings. The highest BCUT2D eigenvalue weighted by Crippen LogP contribution is 2.13. The van der Waals surface area contributed by atoms with Crippen LogP contribution >= 0.6 is 0 Å². The number of hydrogen-bond donors (Lipinski definition) is 3. The molecule has 0 saturated heterocycles. The number of hydrogen-bond acceptors (Lipinski definition) is 3. The summed E-state index contributed by atoms with van der Waals surface area (Å²) >= 11 is 0. The smallest absolute Gasteiger partial charge is 0.320 e. The lowest BCUT2D eigenvalue weighted by Crippen LogP contribution is -2.30. The van der Waals surface area contributed by atoms with Crippen molar-refractivity contribution >= 4 is 11.9 Å². The number of carboxylic acids is 1. The van der Waals surface area contributed by atoms with E-state index in [2.05, 4.69) is 12.2 Å². The van der Waals surface area contributed by atoms with Crippen LogP contribution in [0, 0.1) is 0 Å². The highest BCUT2D eigenvalue weighted by molar-refractivity contribution is 5.75. The van der Waals surface area contributed by atoms with Gasteiger partial charge in [-0.1, -0.05) is 96.8 Å². The van der Waals surface area contributed by atoms with E-state index in [1.54, 1.807) is 0 Å². The molecule has 4 N–H and O–H groups in total. The van der Waals surface area contributed by atoms with Gasteiger partial charge < -0.3 is 16.2 Å². The first-order chi connectivity index (χ1) is 14.1. The van der Waals surface area contributed by atoms with Gasteiger partial charge in [-0.15, -0.1) is 0 Å². The third-order valence-corrected chi connectivity index (χ3v) is 5.59. The van der Waals surface area contributed by atoms with Crippen LogP contribution in [0.3, 0.4) is 0 Å². The van der Waals surface area contributed by atoms with Crippen molar-refractivity contribution in [3.8, 4) is 0 Å². The van der Waals surface area contributed by atoms with Gasteiger partial charge in [-0.3, -0.25) is 9.59 Å². The predicted octanol–water partition coefficient (Wildman–Crippen LogP) is 5.95. The van der Waals surface area contributed by atoms with Crippen molar-refractivity contribution in [2.24, 2.45) is 5.73 Å². The van der Waals surface area contributed by atoms with Crippen molar-refractivity contribution < 1.29 is 14.7 Å². The number of rotatable bonds is 22. The van der Waals surface area contributed by atoms with Crippen LogP contribution in [0.2, 0.25) is 0 Å². The highest BCUT2D eigenvalue weighted by atomic mass is 16.4. The fraction of sp³-hybridized carbons (Fsp3) is 0.917. The summed E-state index contributed by atoms with van der Waals surface area (Å²) in [7, 11) is 0. The molecule has 0 radical (unpaired) electrons. The van der Waals surface area contributed by atoms with Gasteiger partial charge in [0, 0.05) is 13.0 Å². The summed E-state index contributed by atoms with van der Waals surface area (Å²) in [5.41, 5.74) is 5.44. The number of nitrogens with one attached hydrogen (secondary N) is 1. The minimum absolute atomic E-state index is 0.113. The highest BCUT2D eigenvalue weighted by Gasteiger charge is 2.10. The molecule has 0 saturated carbocycles. The molecule has 0 unspecified atom stereocenters. The number of nitrogens with two attached hydrogens (primary N) is 1. The predicted molar refractivity (Wildman–Crippen MR) is 122 cm³/mol. The van der Waals surface area contributed by atoms with Crippen molar-refractivity contribution in [1.82, 2.24) is 5.32 Å². The van der Waals surface area contributed by atoms with Crippen molar-refractivity contribution in [2.75, 3.05) is 6.54 Å². The van der Waals surface area contributed by atoms with Crippen LogP contribution in [0.15, 0.2) is 0 Å². The number of aliphatic carboxylic acids is 1. The summed E-state index contributed by atoms with van der Waals surface area (Å²) < 4.78 is 0. The van der Waals surface area contributed by atoms with E-state index < -0.39 is 12.0 Å². The normalized spacial score (nSPS) is 12.1. The lowest BCUT2D eigenvalue weighted by molar-refractivity contribution is -0.138. The monoisotopic (exact) mass is 412 g/mol. The van der Waals surface area contributed by atoms with Gasteiger partial charge in [-0.05, 0) is 25.7 Å². The zero-order chi connectivity index (χ0) is 21.6. The Morgan fingerprint density at radius 2 is 1.17 bits per heavy atom. The van der Waals surface area contributed by atoms with E-state index >= 15 is 0 Å². The van der Waals surface area contributed by atoms with E-state index in [0.717, 1.165) is 25.7 Å². The zero-order valence-electron chi connectivity index (χ0n) is 19.1. The first kappa shape index (κ1) is 27.9. The minimum Gasteiger partial charge on any atom is -0.480 e. The quantitative estimate of drug-likeness (QED) is 0.192. The Kier molecular flexibility index (Phi) is 20.8. The van der Waals surface area contributed by atoms with Gasteiger partial charge in [-0.25, -0.2) is 0 Å². The van der Waals surface area contributed by atoms with Gasteiger partial charge in [0.25, 0.3) is 0 Å². The maximum Gasteiger partial charge on any atom is 0.320 e. The standard InChI is InChI=1S/C24H48N2O3/c1-2-3-4-5-6-7-8-9-10-11-12-13-14-15-16-20-23(27)26-21-18-17-19-22(25)24(28)29/h22H,2-21,25H2,1H3,(H,26,27)(H,28,29)/t22-/m0/s1. The summed E-state index contributed by atoms with van der Waals surface area (Å²) in [5.74, 6) is -0.843.